The number of hydrogen-bond donors (Lipinski definition) is 1. The summed E-state index contributed by atoms with van der Waals surface area (Å²) in [6.07, 6.45) is 0. The molecule has 0 unspecified atom stereocenters. The minimum atomic E-state index is -3.93. The predicted molar refractivity (Wildman–Crippen MR) is 120 cm³/mol. The largest absolute Gasteiger partial charge is 0.340 e. The fourth-order valence-electron chi connectivity index (χ4n) is 3.07. The number of rotatable bonds is 7. The van der Waals surface area contributed by atoms with Crippen molar-refractivity contribution in [1.29, 1.82) is 0 Å². The minimum absolute atomic E-state index is 0.0586. The fraction of sp³-hybridized carbons (Fsp3) is 0.217. The SMILES string of the molecule is Cc1ccc(S(=O)(=O)Nc2ccc(C)n(CC(=O)N(C)Cc3ccccc3)c2=O)cc1. The van der Waals surface area contributed by atoms with Gasteiger partial charge in [-0.3, -0.25) is 14.3 Å². The van der Waals surface area contributed by atoms with Gasteiger partial charge >= 0.3 is 0 Å². The van der Waals surface area contributed by atoms with Crippen LogP contribution in [0.15, 0.2) is 76.4 Å². The van der Waals surface area contributed by atoms with Gasteiger partial charge in [0.25, 0.3) is 15.6 Å². The van der Waals surface area contributed by atoms with Crippen LogP contribution in [0.2, 0.25) is 0 Å². The molecule has 8 heteroatoms. The van der Waals surface area contributed by atoms with Gasteiger partial charge in [-0.1, -0.05) is 48.0 Å². The van der Waals surface area contributed by atoms with Gasteiger partial charge in [0, 0.05) is 19.3 Å². The molecule has 0 bridgehead atoms. The Morgan fingerprint density at radius 3 is 2.26 bits per heavy atom. The molecule has 1 N–H and O–H groups in total. The first-order valence-electron chi connectivity index (χ1n) is 9.75. The van der Waals surface area contributed by atoms with Gasteiger partial charge < -0.3 is 9.47 Å². The second-order valence-corrected chi connectivity index (χ2v) is 9.12. The first-order valence-corrected chi connectivity index (χ1v) is 11.2. The average molecular weight is 440 g/mol. The van der Waals surface area contributed by atoms with E-state index in [2.05, 4.69) is 4.72 Å². The molecule has 0 radical (unpaired) electrons. The zero-order valence-electron chi connectivity index (χ0n) is 17.7. The number of amides is 1. The summed E-state index contributed by atoms with van der Waals surface area (Å²) in [6, 6.07) is 18.9. The molecule has 0 spiro atoms. The van der Waals surface area contributed by atoms with Crippen molar-refractivity contribution in [2.24, 2.45) is 0 Å². The third-order valence-corrected chi connectivity index (χ3v) is 6.33. The summed E-state index contributed by atoms with van der Waals surface area (Å²) in [5, 5.41) is 0. The number of carbonyl (C=O) groups is 1. The molecule has 3 rings (SSSR count). The van der Waals surface area contributed by atoms with Crippen molar-refractivity contribution in [3.63, 3.8) is 0 Å². The van der Waals surface area contributed by atoms with Crippen molar-refractivity contribution in [2.45, 2.75) is 31.8 Å². The molecule has 7 nitrogen and oxygen atoms in total. The number of benzene rings is 2. The molecule has 31 heavy (non-hydrogen) atoms. The van der Waals surface area contributed by atoms with Crippen molar-refractivity contribution < 1.29 is 13.2 Å². The lowest BCUT2D eigenvalue weighted by Gasteiger charge is -2.19. The molecule has 1 amide bonds. The van der Waals surface area contributed by atoms with Crippen LogP contribution in [0, 0.1) is 13.8 Å². The molecule has 1 heterocycles. The minimum Gasteiger partial charge on any atom is -0.340 e. The zero-order valence-corrected chi connectivity index (χ0v) is 18.5. The van der Waals surface area contributed by atoms with Crippen LogP contribution in [0.3, 0.4) is 0 Å². The first kappa shape index (κ1) is 22.3. The summed E-state index contributed by atoms with van der Waals surface area (Å²) in [7, 11) is -2.26. The maximum absolute atomic E-state index is 12.9. The lowest BCUT2D eigenvalue weighted by molar-refractivity contribution is -0.131. The molecule has 0 saturated heterocycles. The summed E-state index contributed by atoms with van der Waals surface area (Å²) in [5.74, 6) is -0.257. The van der Waals surface area contributed by atoms with Crippen molar-refractivity contribution >= 4 is 21.6 Å². The summed E-state index contributed by atoms with van der Waals surface area (Å²) in [4.78, 5) is 27.2. The molecule has 0 fully saturated rings. The number of aryl methyl sites for hydroxylation is 2. The summed E-state index contributed by atoms with van der Waals surface area (Å²) < 4.78 is 28.9. The van der Waals surface area contributed by atoms with Gasteiger partial charge in [0.15, 0.2) is 0 Å². The number of anilines is 1. The lowest BCUT2D eigenvalue weighted by Crippen LogP contribution is -2.35. The van der Waals surface area contributed by atoms with E-state index in [0.29, 0.717) is 12.2 Å². The average Bonchev–Trinajstić information content (AvgIpc) is 2.74. The molecule has 0 aliphatic rings. The first-order chi connectivity index (χ1) is 14.7. The van der Waals surface area contributed by atoms with E-state index in [1.165, 1.54) is 27.7 Å². The molecule has 1 aromatic heterocycles. The van der Waals surface area contributed by atoms with Gasteiger partial charge in [-0.05, 0) is 43.7 Å². The van der Waals surface area contributed by atoms with E-state index in [9.17, 15) is 18.0 Å². The quantitative estimate of drug-likeness (QED) is 0.613. The Hall–Kier alpha value is -3.39. The number of carbonyl (C=O) groups excluding carboxylic acids is 1. The number of aromatic nitrogens is 1. The second kappa shape index (κ2) is 9.18. The number of nitrogens with zero attached hydrogens (tertiary/aromatic N) is 2. The lowest BCUT2D eigenvalue weighted by atomic mass is 10.2. The van der Waals surface area contributed by atoms with Crippen LogP contribution < -0.4 is 10.3 Å². The molecule has 0 atom stereocenters. The highest BCUT2D eigenvalue weighted by Gasteiger charge is 2.19. The smallest absolute Gasteiger partial charge is 0.275 e. The van der Waals surface area contributed by atoms with Crippen molar-refractivity contribution in [2.75, 3.05) is 11.8 Å². The zero-order chi connectivity index (χ0) is 22.6. The fourth-order valence-corrected chi connectivity index (χ4v) is 4.12. The number of hydrogen-bond acceptors (Lipinski definition) is 4. The Morgan fingerprint density at radius 1 is 0.968 bits per heavy atom. The van der Waals surface area contributed by atoms with E-state index in [1.54, 1.807) is 32.2 Å². The Labute approximate surface area is 182 Å². The van der Waals surface area contributed by atoms with E-state index in [4.69, 9.17) is 0 Å². The van der Waals surface area contributed by atoms with E-state index < -0.39 is 15.6 Å². The van der Waals surface area contributed by atoms with E-state index in [1.807, 2.05) is 37.3 Å². The molecular weight excluding hydrogens is 414 g/mol. The van der Waals surface area contributed by atoms with Crippen LogP contribution in [0.25, 0.3) is 0 Å². The topological polar surface area (TPSA) is 88.5 Å². The normalized spacial score (nSPS) is 11.2. The van der Waals surface area contributed by atoms with Gasteiger partial charge in [-0.2, -0.15) is 0 Å². The van der Waals surface area contributed by atoms with Crippen molar-refractivity contribution in [3.05, 3.63) is 93.9 Å². The Kier molecular flexibility index (Phi) is 6.60. The van der Waals surface area contributed by atoms with E-state index >= 15 is 0 Å². The molecule has 3 aromatic rings. The van der Waals surface area contributed by atoms with Crippen LogP contribution in [-0.2, 0) is 27.9 Å². The molecule has 0 aliphatic carbocycles. The van der Waals surface area contributed by atoms with Crippen molar-refractivity contribution in [3.8, 4) is 0 Å². The van der Waals surface area contributed by atoms with Gasteiger partial charge in [-0.15, -0.1) is 0 Å². The van der Waals surface area contributed by atoms with E-state index in [-0.39, 0.29) is 23.0 Å². The Morgan fingerprint density at radius 2 is 1.61 bits per heavy atom. The molecule has 162 valence electrons. The van der Waals surface area contributed by atoms with Gasteiger partial charge in [0.05, 0.1) is 4.90 Å². The molecule has 0 saturated carbocycles. The highest BCUT2D eigenvalue weighted by Crippen LogP contribution is 2.15. The van der Waals surface area contributed by atoms with Crippen LogP contribution in [0.4, 0.5) is 5.69 Å². The molecule has 2 aromatic carbocycles. The van der Waals surface area contributed by atoms with Crippen molar-refractivity contribution in [1.82, 2.24) is 9.47 Å². The highest BCUT2D eigenvalue weighted by molar-refractivity contribution is 7.92. The van der Waals surface area contributed by atoms with Crippen LogP contribution >= 0.6 is 0 Å². The van der Waals surface area contributed by atoms with Gasteiger partial charge in [-0.25, -0.2) is 8.42 Å². The van der Waals surface area contributed by atoms with Crippen LogP contribution in [0.1, 0.15) is 16.8 Å². The maximum atomic E-state index is 12.9. The third kappa shape index (κ3) is 5.40. The number of pyridine rings is 1. The number of nitrogens with one attached hydrogen (secondary N) is 1. The highest BCUT2D eigenvalue weighted by atomic mass is 32.2. The third-order valence-electron chi connectivity index (χ3n) is 4.95. The molecule has 0 aliphatic heterocycles. The van der Waals surface area contributed by atoms with Crippen LogP contribution in [-0.4, -0.2) is 30.8 Å². The Balaban J connectivity index is 1.81. The summed E-state index contributed by atoms with van der Waals surface area (Å²) in [6.45, 7) is 3.78. The van der Waals surface area contributed by atoms with E-state index in [0.717, 1.165) is 11.1 Å². The summed E-state index contributed by atoms with van der Waals surface area (Å²) in [5.41, 5.74) is 1.78. The predicted octanol–water partition coefficient (Wildman–Crippen LogP) is 2.92. The monoisotopic (exact) mass is 439 g/mol. The summed E-state index contributed by atoms with van der Waals surface area (Å²) >= 11 is 0. The number of likely N-dealkylation sites (N-methyl/N-ethyl adjacent to an activating group) is 1. The molecular formula is C23H25N3O4S. The maximum Gasteiger partial charge on any atom is 0.275 e. The van der Waals surface area contributed by atoms with Gasteiger partial charge in [0.1, 0.15) is 12.2 Å². The van der Waals surface area contributed by atoms with Crippen LogP contribution in [0.5, 0.6) is 0 Å². The standard InChI is InChI=1S/C23H25N3O4S/c1-17-9-12-20(13-10-17)31(29,30)24-21-14-11-18(2)26(23(21)28)16-22(27)25(3)15-19-7-5-4-6-8-19/h4-14,24H,15-16H2,1-3H3. The Bertz CT molecular complexity index is 1230. The number of sulfonamides is 1. The second-order valence-electron chi connectivity index (χ2n) is 7.43. The van der Waals surface area contributed by atoms with Gasteiger partial charge in [0.2, 0.25) is 5.91 Å².